The summed E-state index contributed by atoms with van der Waals surface area (Å²) in [6.45, 7) is 2.06. The molecule has 1 fully saturated rings. The molecule has 1 N–H and O–H groups in total. The van der Waals surface area contributed by atoms with Gasteiger partial charge in [-0.3, -0.25) is 4.79 Å². The molecule has 1 saturated heterocycles. The van der Waals surface area contributed by atoms with Gasteiger partial charge < -0.3 is 19.4 Å². The summed E-state index contributed by atoms with van der Waals surface area (Å²) in [5.41, 5.74) is 2.91. The fraction of sp³-hybridized carbons (Fsp3) is 0.200. The number of fused-ring (bicyclic) bond motifs is 1. The topological polar surface area (TPSA) is 67.6 Å². The Labute approximate surface area is 180 Å². The van der Waals surface area contributed by atoms with Crippen LogP contribution in [0.25, 0.3) is 22.1 Å². The van der Waals surface area contributed by atoms with Crippen molar-refractivity contribution in [1.82, 2.24) is 4.98 Å². The Hall–Kier alpha value is -3.80. The van der Waals surface area contributed by atoms with E-state index in [1.807, 2.05) is 54.6 Å². The fourth-order valence-electron chi connectivity index (χ4n) is 4.04. The van der Waals surface area contributed by atoms with Crippen molar-refractivity contribution in [3.05, 3.63) is 72.6 Å². The number of furan rings is 1. The number of hydrogen-bond donors (Lipinski definition) is 1. The van der Waals surface area contributed by atoms with Gasteiger partial charge in [0.25, 0.3) is 5.91 Å². The first-order chi connectivity index (χ1) is 15.2. The van der Waals surface area contributed by atoms with E-state index in [2.05, 4.69) is 15.2 Å². The summed E-state index contributed by atoms with van der Waals surface area (Å²) in [6, 6.07) is 19.2. The van der Waals surface area contributed by atoms with E-state index in [0.717, 1.165) is 35.4 Å². The lowest BCUT2D eigenvalue weighted by Crippen LogP contribution is -2.19. The molecule has 0 unspecified atom stereocenters. The van der Waals surface area contributed by atoms with Crippen molar-refractivity contribution >= 4 is 28.4 Å². The highest BCUT2D eigenvalue weighted by atomic mass is 16.5. The molecule has 3 heterocycles. The minimum absolute atomic E-state index is 0.262. The number of amides is 1. The Morgan fingerprint density at radius 2 is 1.87 bits per heavy atom. The number of rotatable bonds is 5. The van der Waals surface area contributed by atoms with Crippen LogP contribution in [0.1, 0.15) is 23.4 Å². The molecule has 6 nitrogen and oxygen atoms in total. The maximum absolute atomic E-state index is 13.2. The lowest BCUT2D eigenvalue weighted by atomic mass is 10.0. The largest absolute Gasteiger partial charge is 0.497 e. The second-order valence-electron chi connectivity index (χ2n) is 7.59. The van der Waals surface area contributed by atoms with Crippen molar-refractivity contribution in [3.63, 3.8) is 0 Å². The number of carbonyl (C=O) groups is 1. The van der Waals surface area contributed by atoms with Crippen molar-refractivity contribution in [1.29, 1.82) is 0 Å². The van der Waals surface area contributed by atoms with E-state index in [1.165, 1.54) is 12.8 Å². The number of anilines is 2. The number of methoxy groups -OCH3 is 1. The molecule has 156 valence electrons. The molecule has 5 rings (SSSR count). The molecule has 0 atom stereocenters. The first kappa shape index (κ1) is 19.2. The van der Waals surface area contributed by atoms with E-state index < -0.39 is 0 Å². The van der Waals surface area contributed by atoms with Crippen LogP contribution in [0.4, 0.5) is 11.5 Å². The third-order valence-corrected chi connectivity index (χ3v) is 5.60. The van der Waals surface area contributed by atoms with Gasteiger partial charge in [-0.05, 0) is 42.7 Å². The van der Waals surface area contributed by atoms with Crippen molar-refractivity contribution in [3.8, 4) is 16.9 Å². The maximum atomic E-state index is 13.2. The monoisotopic (exact) mass is 413 g/mol. The number of hydrogen-bond acceptors (Lipinski definition) is 5. The van der Waals surface area contributed by atoms with Gasteiger partial charge in [0.2, 0.25) is 5.76 Å². The molecule has 0 bridgehead atoms. The van der Waals surface area contributed by atoms with E-state index in [9.17, 15) is 4.79 Å². The van der Waals surface area contributed by atoms with Crippen molar-refractivity contribution < 1.29 is 13.9 Å². The number of ether oxygens (including phenoxy) is 1. The van der Waals surface area contributed by atoms with Crippen molar-refractivity contribution in [2.24, 2.45) is 0 Å². The molecule has 1 aliphatic heterocycles. The molecule has 0 spiro atoms. The van der Waals surface area contributed by atoms with E-state index in [-0.39, 0.29) is 11.7 Å². The Bertz CT molecular complexity index is 1210. The second kappa shape index (κ2) is 8.14. The SMILES string of the molecule is COc1ccc2c(-c3ccccc3)c(C(=O)Nc3ccc(N4CCCC4)nc3)oc2c1. The van der Waals surface area contributed by atoms with Crippen LogP contribution in [0, 0.1) is 0 Å². The van der Waals surface area contributed by atoms with Gasteiger partial charge >= 0.3 is 0 Å². The van der Waals surface area contributed by atoms with Crippen LogP contribution >= 0.6 is 0 Å². The highest BCUT2D eigenvalue weighted by Gasteiger charge is 2.23. The summed E-state index contributed by atoms with van der Waals surface area (Å²) < 4.78 is 11.3. The van der Waals surface area contributed by atoms with Crippen LogP contribution < -0.4 is 15.0 Å². The predicted octanol–water partition coefficient (Wildman–Crippen LogP) is 5.36. The highest BCUT2D eigenvalue weighted by Crippen LogP contribution is 2.37. The van der Waals surface area contributed by atoms with Crippen LogP contribution in [0.3, 0.4) is 0 Å². The van der Waals surface area contributed by atoms with Crippen LogP contribution in [0.2, 0.25) is 0 Å². The first-order valence-electron chi connectivity index (χ1n) is 10.4. The van der Waals surface area contributed by atoms with Gasteiger partial charge in [-0.25, -0.2) is 4.98 Å². The molecular formula is C25H23N3O3. The van der Waals surface area contributed by atoms with Gasteiger partial charge in [0, 0.05) is 30.1 Å². The van der Waals surface area contributed by atoms with E-state index in [1.54, 1.807) is 19.4 Å². The minimum atomic E-state index is -0.315. The zero-order chi connectivity index (χ0) is 21.2. The molecule has 1 amide bonds. The van der Waals surface area contributed by atoms with Crippen LogP contribution in [-0.4, -0.2) is 31.1 Å². The summed E-state index contributed by atoms with van der Waals surface area (Å²) in [5.74, 6) is 1.56. The zero-order valence-electron chi connectivity index (χ0n) is 17.3. The van der Waals surface area contributed by atoms with Crippen molar-refractivity contribution in [2.45, 2.75) is 12.8 Å². The van der Waals surface area contributed by atoms with Crippen LogP contribution in [0.15, 0.2) is 71.3 Å². The summed E-state index contributed by atoms with van der Waals surface area (Å²) in [5, 5.41) is 3.79. The standard InChI is InChI=1S/C25H23N3O3/c1-30-19-10-11-20-21(15-19)31-24(23(20)17-7-3-2-4-8-17)25(29)27-18-9-12-22(26-16-18)28-13-5-6-14-28/h2-4,7-12,15-16H,5-6,13-14H2,1H3,(H,27,29). The smallest absolute Gasteiger partial charge is 0.292 e. The third-order valence-electron chi connectivity index (χ3n) is 5.60. The molecule has 6 heteroatoms. The zero-order valence-corrected chi connectivity index (χ0v) is 17.3. The van der Waals surface area contributed by atoms with E-state index in [0.29, 0.717) is 17.0 Å². The number of carbonyl (C=O) groups excluding carboxylic acids is 1. The summed E-state index contributed by atoms with van der Waals surface area (Å²) in [4.78, 5) is 20.0. The van der Waals surface area contributed by atoms with Gasteiger partial charge in [0.05, 0.1) is 19.0 Å². The summed E-state index contributed by atoms with van der Waals surface area (Å²) in [6.07, 6.45) is 4.08. The maximum Gasteiger partial charge on any atom is 0.292 e. The number of nitrogens with one attached hydrogen (secondary N) is 1. The lowest BCUT2D eigenvalue weighted by Gasteiger charge is -2.16. The lowest BCUT2D eigenvalue weighted by molar-refractivity contribution is 0.0999. The summed E-state index contributed by atoms with van der Waals surface area (Å²) in [7, 11) is 1.61. The average molecular weight is 413 g/mol. The number of pyridine rings is 1. The average Bonchev–Trinajstić information content (AvgIpc) is 3.48. The van der Waals surface area contributed by atoms with Crippen LogP contribution in [0.5, 0.6) is 5.75 Å². The highest BCUT2D eigenvalue weighted by molar-refractivity contribution is 6.12. The first-order valence-corrected chi connectivity index (χ1v) is 10.4. The molecule has 0 saturated carbocycles. The van der Waals surface area contributed by atoms with Crippen LogP contribution in [-0.2, 0) is 0 Å². The minimum Gasteiger partial charge on any atom is -0.497 e. The van der Waals surface area contributed by atoms with Crippen molar-refractivity contribution in [2.75, 3.05) is 30.4 Å². The van der Waals surface area contributed by atoms with Gasteiger partial charge in [-0.15, -0.1) is 0 Å². The normalized spacial score (nSPS) is 13.5. The molecule has 2 aromatic carbocycles. The molecule has 4 aromatic rings. The second-order valence-corrected chi connectivity index (χ2v) is 7.59. The Morgan fingerprint density at radius 1 is 1.06 bits per heavy atom. The van der Waals surface area contributed by atoms with Gasteiger partial charge in [0.15, 0.2) is 0 Å². The Kier molecular flexibility index (Phi) is 5.04. The Morgan fingerprint density at radius 3 is 2.58 bits per heavy atom. The number of benzene rings is 2. The van der Waals surface area contributed by atoms with Gasteiger partial charge in [-0.2, -0.15) is 0 Å². The molecular weight excluding hydrogens is 390 g/mol. The Balaban J connectivity index is 1.49. The fourth-order valence-corrected chi connectivity index (χ4v) is 4.04. The number of nitrogens with zero attached hydrogens (tertiary/aromatic N) is 2. The molecule has 1 aliphatic rings. The predicted molar refractivity (Wildman–Crippen MR) is 122 cm³/mol. The van der Waals surface area contributed by atoms with E-state index >= 15 is 0 Å². The molecule has 0 aliphatic carbocycles. The molecule has 31 heavy (non-hydrogen) atoms. The number of aromatic nitrogens is 1. The third kappa shape index (κ3) is 3.72. The quantitative estimate of drug-likeness (QED) is 0.477. The van der Waals surface area contributed by atoms with Gasteiger partial charge in [-0.1, -0.05) is 30.3 Å². The molecule has 2 aromatic heterocycles. The van der Waals surface area contributed by atoms with E-state index in [4.69, 9.17) is 9.15 Å². The van der Waals surface area contributed by atoms with Gasteiger partial charge in [0.1, 0.15) is 17.2 Å². The molecule has 0 radical (unpaired) electrons. The summed E-state index contributed by atoms with van der Waals surface area (Å²) >= 11 is 0.